The van der Waals surface area contributed by atoms with Gasteiger partial charge in [0.05, 0.1) is 11.8 Å². The molecule has 0 saturated heterocycles. The van der Waals surface area contributed by atoms with Gasteiger partial charge in [-0.2, -0.15) is 0 Å². The van der Waals surface area contributed by atoms with E-state index < -0.39 is 0 Å². The molecule has 2 N–H and O–H groups in total. The summed E-state index contributed by atoms with van der Waals surface area (Å²) in [5.74, 6) is 0.727. The first-order chi connectivity index (χ1) is 16.7. The highest BCUT2D eigenvalue weighted by atomic mass is 79.9. The van der Waals surface area contributed by atoms with Crippen LogP contribution in [0, 0.1) is 6.92 Å². The van der Waals surface area contributed by atoms with Gasteiger partial charge in [0.2, 0.25) is 5.91 Å². The molecule has 0 aliphatic rings. The maximum atomic E-state index is 12.7. The van der Waals surface area contributed by atoms with Crippen LogP contribution in [0.2, 0.25) is 0 Å². The zero-order chi connectivity index (χ0) is 25.5. The lowest BCUT2D eigenvalue weighted by atomic mass is 10.0. The number of carbonyl (C=O) groups excluding carboxylic acids is 2. The molecule has 35 heavy (non-hydrogen) atoms. The zero-order valence-electron chi connectivity index (χ0n) is 20.3. The molecule has 1 aromatic heterocycles. The normalized spacial score (nSPS) is 11.8. The van der Waals surface area contributed by atoms with Crippen molar-refractivity contribution in [2.45, 2.75) is 51.4 Å². The number of thioether (sulfide) groups is 1. The van der Waals surface area contributed by atoms with Crippen molar-refractivity contribution in [3.8, 4) is 0 Å². The van der Waals surface area contributed by atoms with Crippen molar-refractivity contribution in [1.82, 2.24) is 20.1 Å². The number of hydrogen-bond donors (Lipinski definition) is 2. The Morgan fingerprint density at radius 3 is 2.51 bits per heavy atom. The molecule has 3 aromatic rings. The molecule has 184 valence electrons. The van der Waals surface area contributed by atoms with Crippen molar-refractivity contribution in [3.63, 3.8) is 0 Å². The number of hydrogen-bond acceptors (Lipinski definition) is 5. The van der Waals surface area contributed by atoms with Crippen molar-refractivity contribution < 1.29 is 9.59 Å². The Hall–Kier alpha value is -2.91. The molecule has 2 aromatic carbocycles. The predicted octanol–water partition coefficient (Wildman–Crippen LogP) is 5.88. The van der Waals surface area contributed by atoms with Gasteiger partial charge >= 0.3 is 0 Å². The van der Waals surface area contributed by atoms with E-state index in [1.54, 1.807) is 18.2 Å². The van der Waals surface area contributed by atoms with Crippen LogP contribution >= 0.6 is 27.7 Å². The molecule has 1 heterocycles. The number of nitrogens with zero attached hydrogens (tertiary/aromatic N) is 3. The molecule has 9 heteroatoms. The fourth-order valence-electron chi connectivity index (χ4n) is 3.52. The highest BCUT2D eigenvalue weighted by Crippen LogP contribution is 2.28. The van der Waals surface area contributed by atoms with Crippen molar-refractivity contribution in [1.29, 1.82) is 0 Å². The molecule has 2 amide bonds. The minimum Gasteiger partial charge on any atom is -0.342 e. The Labute approximate surface area is 218 Å². The largest absolute Gasteiger partial charge is 0.342 e. The number of anilines is 1. The number of benzene rings is 2. The van der Waals surface area contributed by atoms with Crippen LogP contribution in [-0.2, 0) is 11.3 Å². The van der Waals surface area contributed by atoms with Gasteiger partial charge in [0.25, 0.3) is 5.91 Å². The maximum Gasteiger partial charge on any atom is 0.251 e. The summed E-state index contributed by atoms with van der Waals surface area (Å²) in [7, 11) is 0. The molecular weight excluding hydrogens is 526 g/mol. The molecule has 3 rings (SSSR count). The monoisotopic (exact) mass is 555 g/mol. The van der Waals surface area contributed by atoms with Crippen LogP contribution in [0.3, 0.4) is 0 Å². The Morgan fingerprint density at radius 2 is 1.86 bits per heavy atom. The minimum absolute atomic E-state index is 0.130. The molecule has 0 bridgehead atoms. The fourth-order valence-corrected chi connectivity index (χ4v) is 4.65. The summed E-state index contributed by atoms with van der Waals surface area (Å²) in [4.78, 5) is 25.4. The molecule has 0 unspecified atom stereocenters. The number of halogens is 1. The summed E-state index contributed by atoms with van der Waals surface area (Å²) < 4.78 is 2.84. The molecule has 0 spiro atoms. The predicted molar refractivity (Wildman–Crippen MR) is 145 cm³/mol. The number of aromatic nitrogens is 3. The van der Waals surface area contributed by atoms with Crippen LogP contribution in [-0.4, -0.2) is 32.3 Å². The van der Waals surface area contributed by atoms with Gasteiger partial charge < -0.3 is 15.2 Å². The molecule has 0 saturated carbocycles. The first kappa shape index (κ1) is 26.7. The zero-order valence-corrected chi connectivity index (χ0v) is 22.7. The third kappa shape index (κ3) is 7.05. The number of carbonyl (C=O) groups is 2. The van der Waals surface area contributed by atoms with E-state index in [1.165, 1.54) is 11.8 Å². The van der Waals surface area contributed by atoms with Crippen molar-refractivity contribution in [3.05, 3.63) is 82.1 Å². The highest BCUT2D eigenvalue weighted by Gasteiger charge is 2.21. The third-order valence-corrected chi connectivity index (χ3v) is 6.81. The second kappa shape index (κ2) is 12.2. The van der Waals surface area contributed by atoms with Crippen LogP contribution < -0.4 is 10.6 Å². The maximum absolute atomic E-state index is 12.7. The number of allylic oxidation sites excluding steroid dienone is 1. The van der Waals surface area contributed by atoms with E-state index in [9.17, 15) is 9.59 Å². The van der Waals surface area contributed by atoms with Gasteiger partial charge in [-0.25, -0.2) is 0 Å². The van der Waals surface area contributed by atoms with Crippen LogP contribution in [0.4, 0.5) is 5.69 Å². The molecular formula is C26H30BrN5O2S. The third-order valence-electron chi connectivity index (χ3n) is 5.35. The molecule has 0 aliphatic heterocycles. The van der Waals surface area contributed by atoms with Crippen molar-refractivity contribution in [2.24, 2.45) is 0 Å². The number of aryl methyl sites for hydroxylation is 1. The Balaban J connectivity index is 1.68. The fraction of sp³-hybridized carbons (Fsp3) is 0.308. The SMILES string of the molecule is C=CCn1c(SCC(=O)Nc2ccc(Br)cc2C(C)C)nnc1[C@H](C)NC(=O)c1ccc(C)cc1. The second-order valence-electron chi connectivity index (χ2n) is 8.52. The summed E-state index contributed by atoms with van der Waals surface area (Å²) in [6.07, 6.45) is 1.74. The van der Waals surface area contributed by atoms with Gasteiger partial charge in [-0.1, -0.05) is 65.3 Å². The number of rotatable bonds is 10. The van der Waals surface area contributed by atoms with E-state index >= 15 is 0 Å². The van der Waals surface area contributed by atoms with E-state index in [-0.39, 0.29) is 29.5 Å². The van der Waals surface area contributed by atoms with Gasteiger partial charge in [-0.05, 0) is 55.7 Å². The van der Waals surface area contributed by atoms with Crippen molar-refractivity contribution in [2.75, 3.05) is 11.1 Å². The van der Waals surface area contributed by atoms with Gasteiger partial charge in [0, 0.05) is 22.3 Å². The van der Waals surface area contributed by atoms with E-state index in [4.69, 9.17) is 0 Å². The van der Waals surface area contributed by atoms with Crippen LogP contribution in [0.15, 0.2) is 64.7 Å². The average molecular weight is 557 g/mol. The van der Waals surface area contributed by atoms with Crippen molar-refractivity contribution >= 4 is 45.2 Å². The molecule has 0 fully saturated rings. The van der Waals surface area contributed by atoms with Gasteiger partial charge in [-0.3, -0.25) is 9.59 Å². The topological polar surface area (TPSA) is 88.9 Å². The lowest BCUT2D eigenvalue weighted by molar-refractivity contribution is -0.113. The lowest BCUT2D eigenvalue weighted by Gasteiger charge is -2.16. The average Bonchev–Trinajstić information content (AvgIpc) is 3.22. The smallest absolute Gasteiger partial charge is 0.251 e. The summed E-state index contributed by atoms with van der Waals surface area (Å²) in [5, 5.41) is 15.1. The van der Waals surface area contributed by atoms with E-state index in [0.29, 0.717) is 23.1 Å². The van der Waals surface area contributed by atoms with E-state index in [1.807, 2.05) is 48.7 Å². The lowest BCUT2D eigenvalue weighted by Crippen LogP contribution is -2.28. The van der Waals surface area contributed by atoms with Crippen LogP contribution in [0.25, 0.3) is 0 Å². The quantitative estimate of drug-likeness (QED) is 0.241. The molecule has 0 radical (unpaired) electrons. The van der Waals surface area contributed by atoms with Crippen LogP contribution in [0.1, 0.15) is 60.0 Å². The molecule has 7 nitrogen and oxygen atoms in total. The van der Waals surface area contributed by atoms with Gasteiger partial charge in [0.15, 0.2) is 11.0 Å². The summed E-state index contributed by atoms with van der Waals surface area (Å²) in [6.45, 7) is 12.3. The first-order valence-electron chi connectivity index (χ1n) is 11.3. The minimum atomic E-state index is -0.379. The second-order valence-corrected chi connectivity index (χ2v) is 10.4. The Bertz CT molecular complexity index is 1210. The van der Waals surface area contributed by atoms with E-state index in [0.717, 1.165) is 21.3 Å². The number of nitrogens with one attached hydrogen (secondary N) is 2. The molecule has 0 aliphatic carbocycles. The summed E-state index contributed by atoms with van der Waals surface area (Å²) >= 11 is 4.78. The highest BCUT2D eigenvalue weighted by molar-refractivity contribution is 9.10. The summed E-state index contributed by atoms with van der Waals surface area (Å²) in [6, 6.07) is 12.8. The van der Waals surface area contributed by atoms with Gasteiger partial charge in [0.1, 0.15) is 0 Å². The Morgan fingerprint density at radius 1 is 1.14 bits per heavy atom. The number of amides is 2. The van der Waals surface area contributed by atoms with Crippen LogP contribution in [0.5, 0.6) is 0 Å². The van der Waals surface area contributed by atoms with Gasteiger partial charge in [-0.15, -0.1) is 16.8 Å². The van der Waals surface area contributed by atoms with E-state index in [2.05, 4.69) is 57.2 Å². The molecule has 1 atom stereocenters. The summed E-state index contributed by atoms with van der Waals surface area (Å²) in [5.41, 5.74) is 3.53. The Kier molecular flexibility index (Phi) is 9.28. The standard InChI is InChI=1S/C26H30BrN5O2S/c1-6-13-32-24(18(5)28-25(34)19-9-7-17(4)8-10-19)30-31-26(32)35-15-23(33)29-22-12-11-20(27)14-21(22)16(2)3/h6-12,14,16,18H,1,13,15H2,2-5H3,(H,28,34)(H,29,33)/t18-/m0/s1. The first-order valence-corrected chi connectivity index (χ1v) is 13.1.